The molecule has 70 valence electrons. The predicted octanol–water partition coefficient (Wildman–Crippen LogP) is 2.85. The fourth-order valence-electron chi connectivity index (χ4n) is 1.39. The summed E-state index contributed by atoms with van der Waals surface area (Å²) in [6.07, 6.45) is 0.0935. The third-order valence-electron chi connectivity index (χ3n) is 2.71. The number of nitrogens with one attached hydrogen (secondary N) is 1. The normalized spacial score (nSPS) is 31.4. The average molecular weight is 179 g/mol. The molecule has 0 saturated heterocycles. The van der Waals surface area contributed by atoms with Gasteiger partial charge >= 0.3 is 0 Å². The Morgan fingerprint density at radius 3 is 2.62 bits per heavy atom. The zero-order valence-electron chi connectivity index (χ0n) is 7.76. The molecule has 0 aromatic heterocycles. The number of rotatable bonds is 3. The van der Waals surface area contributed by atoms with Gasteiger partial charge in [0.15, 0.2) is 0 Å². The van der Waals surface area contributed by atoms with Crippen molar-refractivity contribution >= 4 is 5.69 Å². The summed E-state index contributed by atoms with van der Waals surface area (Å²) in [6.45, 7) is 2.71. The van der Waals surface area contributed by atoms with Gasteiger partial charge in [-0.2, -0.15) is 0 Å². The number of hydrogen-bond acceptors (Lipinski definition) is 1. The van der Waals surface area contributed by atoms with Crippen molar-refractivity contribution in [3.8, 4) is 0 Å². The molecule has 0 bridgehead atoms. The van der Waals surface area contributed by atoms with Crippen LogP contribution in [0.4, 0.5) is 10.1 Å². The predicted molar refractivity (Wildman–Crippen MR) is 52.6 cm³/mol. The number of alkyl halides is 1. The van der Waals surface area contributed by atoms with E-state index in [4.69, 9.17) is 0 Å². The van der Waals surface area contributed by atoms with Crippen LogP contribution in [-0.2, 0) is 0 Å². The van der Waals surface area contributed by atoms with Crippen LogP contribution in [0.15, 0.2) is 30.3 Å². The standard InChI is InChI=1S/C11H14FN/c1-11(7-10(11)12)8-13-9-5-3-2-4-6-9/h2-6,10,13H,7-8H2,1H3. The van der Waals surface area contributed by atoms with Crippen LogP contribution in [0.2, 0.25) is 0 Å². The maximum atomic E-state index is 12.8. The maximum absolute atomic E-state index is 12.8. The lowest BCUT2D eigenvalue weighted by Gasteiger charge is -2.10. The number of halogens is 1. The minimum atomic E-state index is -0.608. The lowest BCUT2D eigenvalue weighted by Crippen LogP contribution is -2.14. The second-order valence-electron chi connectivity index (χ2n) is 4.05. The van der Waals surface area contributed by atoms with E-state index >= 15 is 0 Å². The van der Waals surface area contributed by atoms with Crippen molar-refractivity contribution in [1.82, 2.24) is 0 Å². The number of para-hydroxylation sites is 1. The van der Waals surface area contributed by atoms with E-state index in [1.807, 2.05) is 37.3 Å². The van der Waals surface area contributed by atoms with Crippen molar-refractivity contribution < 1.29 is 4.39 Å². The SMILES string of the molecule is CC1(CNc2ccccc2)CC1F. The summed E-state index contributed by atoms with van der Waals surface area (Å²) in [5.41, 5.74) is 0.957. The highest BCUT2D eigenvalue weighted by molar-refractivity contribution is 5.43. The van der Waals surface area contributed by atoms with Crippen LogP contribution in [0.1, 0.15) is 13.3 Å². The molecular formula is C11H14FN. The Morgan fingerprint density at radius 2 is 2.08 bits per heavy atom. The summed E-state index contributed by atoms with van der Waals surface area (Å²) in [5, 5.41) is 3.24. The highest BCUT2D eigenvalue weighted by Crippen LogP contribution is 2.47. The van der Waals surface area contributed by atoms with Crippen molar-refractivity contribution in [2.75, 3.05) is 11.9 Å². The van der Waals surface area contributed by atoms with Gasteiger partial charge in [-0.1, -0.05) is 25.1 Å². The molecule has 0 heterocycles. The van der Waals surface area contributed by atoms with Crippen LogP contribution in [-0.4, -0.2) is 12.7 Å². The lowest BCUT2D eigenvalue weighted by molar-refractivity contribution is 0.389. The van der Waals surface area contributed by atoms with E-state index in [0.717, 1.165) is 12.2 Å². The Hall–Kier alpha value is -1.05. The molecule has 13 heavy (non-hydrogen) atoms. The molecule has 1 saturated carbocycles. The molecule has 1 aromatic carbocycles. The highest BCUT2D eigenvalue weighted by Gasteiger charge is 2.50. The van der Waals surface area contributed by atoms with E-state index in [-0.39, 0.29) is 5.41 Å². The molecule has 0 spiro atoms. The van der Waals surface area contributed by atoms with Crippen molar-refractivity contribution in [2.24, 2.45) is 5.41 Å². The van der Waals surface area contributed by atoms with Gasteiger partial charge in [0.25, 0.3) is 0 Å². The van der Waals surface area contributed by atoms with Gasteiger partial charge in [0.1, 0.15) is 6.17 Å². The second-order valence-corrected chi connectivity index (χ2v) is 4.05. The largest absolute Gasteiger partial charge is 0.384 e. The first-order valence-corrected chi connectivity index (χ1v) is 4.64. The van der Waals surface area contributed by atoms with E-state index in [2.05, 4.69) is 5.32 Å². The monoisotopic (exact) mass is 179 g/mol. The zero-order valence-corrected chi connectivity index (χ0v) is 7.76. The van der Waals surface area contributed by atoms with Crippen molar-refractivity contribution in [2.45, 2.75) is 19.5 Å². The first-order valence-electron chi connectivity index (χ1n) is 4.64. The van der Waals surface area contributed by atoms with E-state index in [1.54, 1.807) is 0 Å². The van der Waals surface area contributed by atoms with Gasteiger partial charge in [-0.05, 0) is 18.6 Å². The molecule has 0 amide bonds. The molecule has 1 nitrogen and oxygen atoms in total. The molecule has 1 aliphatic carbocycles. The number of anilines is 1. The first kappa shape index (κ1) is 8.54. The van der Waals surface area contributed by atoms with Gasteiger partial charge < -0.3 is 5.32 Å². The van der Waals surface area contributed by atoms with Crippen LogP contribution in [0, 0.1) is 5.41 Å². The number of hydrogen-bond donors (Lipinski definition) is 1. The van der Waals surface area contributed by atoms with Crippen LogP contribution in [0.3, 0.4) is 0 Å². The third kappa shape index (κ3) is 1.82. The fraction of sp³-hybridized carbons (Fsp3) is 0.455. The molecule has 1 aliphatic rings. The summed E-state index contributed by atoms with van der Waals surface area (Å²) < 4.78 is 12.8. The zero-order chi connectivity index (χ0) is 9.31. The van der Waals surface area contributed by atoms with Crippen molar-refractivity contribution in [3.63, 3.8) is 0 Å². The molecule has 2 rings (SSSR count). The Balaban J connectivity index is 1.87. The van der Waals surface area contributed by atoms with Gasteiger partial charge in [0, 0.05) is 17.6 Å². The Labute approximate surface area is 78.0 Å². The quantitative estimate of drug-likeness (QED) is 0.752. The van der Waals surface area contributed by atoms with Gasteiger partial charge in [-0.3, -0.25) is 0 Å². The van der Waals surface area contributed by atoms with Crippen molar-refractivity contribution in [1.29, 1.82) is 0 Å². The summed E-state index contributed by atoms with van der Waals surface area (Å²) in [7, 11) is 0. The Morgan fingerprint density at radius 1 is 1.46 bits per heavy atom. The van der Waals surface area contributed by atoms with Crippen LogP contribution >= 0.6 is 0 Å². The summed E-state index contributed by atoms with van der Waals surface area (Å²) in [4.78, 5) is 0. The molecule has 0 radical (unpaired) electrons. The molecule has 0 aliphatic heterocycles. The van der Waals surface area contributed by atoms with E-state index in [0.29, 0.717) is 6.42 Å². The molecule has 2 unspecified atom stereocenters. The molecule has 2 atom stereocenters. The molecule has 1 fully saturated rings. The lowest BCUT2D eigenvalue weighted by atomic mass is 10.1. The molecule has 1 aromatic rings. The Kier molecular flexibility index (Phi) is 1.98. The maximum Gasteiger partial charge on any atom is 0.108 e. The third-order valence-corrected chi connectivity index (χ3v) is 2.71. The minimum absolute atomic E-state index is 0.115. The Bertz CT molecular complexity index is 285. The van der Waals surface area contributed by atoms with E-state index < -0.39 is 6.17 Å². The summed E-state index contributed by atoms with van der Waals surface area (Å²) in [5.74, 6) is 0. The van der Waals surface area contributed by atoms with Crippen LogP contribution in [0.25, 0.3) is 0 Å². The van der Waals surface area contributed by atoms with Gasteiger partial charge in [-0.25, -0.2) is 4.39 Å². The highest BCUT2D eigenvalue weighted by atomic mass is 19.1. The minimum Gasteiger partial charge on any atom is -0.384 e. The van der Waals surface area contributed by atoms with Gasteiger partial charge in [0.05, 0.1) is 0 Å². The second kappa shape index (κ2) is 3.02. The van der Waals surface area contributed by atoms with Gasteiger partial charge in [0.2, 0.25) is 0 Å². The smallest absolute Gasteiger partial charge is 0.108 e. The van der Waals surface area contributed by atoms with E-state index in [1.165, 1.54) is 0 Å². The molecule has 2 heteroatoms. The topological polar surface area (TPSA) is 12.0 Å². The molecule has 1 N–H and O–H groups in total. The van der Waals surface area contributed by atoms with Crippen molar-refractivity contribution in [3.05, 3.63) is 30.3 Å². The average Bonchev–Trinajstić information content (AvgIpc) is 2.74. The van der Waals surface area contributed by atoms with E-state index in [9.17, 15) is 4.39 Å². The molecular weight excluding hydrogens is 165 g/mol. The summed E-state index contributed by atoms with van der Waals surface area (Å²) >= 11 is 0. The van der Waals surface area contributed by atoms with Crippen LogP contribution < -0.4 is 5.32 Å². The van der Waals surface area contributed by atoms with Gasteiger partial charge in [-0.15, -0.1) is 0 Å². The van der Waals surface area contributed by atoms with Crippen LogP contribution in [0.5, 0.6) is 0 Å². The first-order chi connectivity index (χ1) is 6.21. The number of benzene rings is 1. The summed E-state index contributed by atoms with van der Waals surface area (Å²) in [6, 6.07) is 9.93. The fourth-order valence-corrected chi connectivity index (χ4v) is 1.39.